The van der Waals surface area contributed by atoms with Gasteiger partial charge in [0.2, 0.25) is 0 Å². The fraction of sp³-hybridized carbons (Fsp3) is 0.125. The Morgan fingerprint density at radius 1 is 1.00 bits per heavy atom. The van der Waals surface area contributed by atoms with E-state index < -0.39 is 5.60 Å². The molecule has 1 aliphatic heterocycles. The minimum absolute atomic E-state index is 0.0164. The highest BCUT2D eigenvalue weighted by Crippen LogP contribution is 2.40. The fourth-order valence-corrected chi connectivity index (χ4v) is 4.84. The standard InChI is InChI=1S/C24H12BN5OS2/c1-24(2)19(18(13-30)23(31-24)16(11-28)12-29)5-3-17-4-6-20(32-17)14(9-26)7-21-15(10-27)8-22(25)33-21/h3-8H,1-2H3/b5-3+,14-7+. The molecule has 0 aliphatic carbocycles. The van der Waals surface area contributed by atoms with Gasteiger partial charge in [0.05, 0.1) is 11.1 Å². The molecule has 0 amide bonds. The molecule has 0 spiro atoms. The van der Waals surface area contributed by atoms with E-state index in [1.54, 1.807) is 56.3 Å². The van der Waals surface area contributed by atoms with Gasteiger partial charge in [-0.2, -0.15) is 37.6 Å². The van der Waals surface area contributed by atoms with Crippen LogP contribution in [0.1, 0.15) is 34.0 Å². The number of hydrogen-bond acceptors (Lipinski definition) is 8. The van der Waals surface area contributed by atoms with E-state index in [0.29, 0.717) is 31.2 Å². The van der Waals surface area contributed by atoms with Gasteiger partial charge in [-0.05, 0) is 49.0 Å². The first-order valence-electron chi connectivity index (χ1n) is 9.36. The van der Waals surface area contributed by atoms with E-state index in [2.05, 4.69) is 12.1 Å². The quantitative estimate of drug-likeness (QED) is 0.488. The zero-order chi connectivity index (χ0) is 24.2. The van der Waals surface area contributed by atoms with Gasteiger partial charge in [0.25, 0.3) is 0 Å². The Kier molecular flexibility index (Phi) is 6.68. The van der Waals surface area contributed by atoms with Crippen molar-refractivity contribution in [1.82, 2.24) is 0 Å². The number of ether oxygens (including phenoxy) is 1. The van der Waals surface area contributed by atoms with E-state index in [-0.39, 0.29) is 16.9 Å². The highest BCUT2D eigenvalue weighted by molar-refractivity contribution is 7.21. The second-order valence-electron chi connectivity index (χ2n) is 7.18. The molecule has 0 N–H and O–H groups in total. The molecular weight excluding hydrogens is 449 g/mol. The van der Waals surface area contributed by atoms with Crippen LogP contribution in [-0.4, -0.2) is 13.4 Å². The molecule has 6 nitrogen and oxygen atoms in total. The van der Waals surface area contributed by atoms with Gasteiger partial charge in [-0.15, -0.1) is 11.3 Å². The first-order valence-corrected chi connectivity index (χ1v) is 11.0. The van der Waals surface area contributed by atoms with Gasteiger partial charge in [0.15, 0.2) is 11.3 Å². The van der Waals surface area contributed by atoms with Crippen LogP contribution < -0.4 is 4.78 Å². The summed E-state index contributed by atoms with van der Waals surface area (Å²) in [7, 11) is 5.78. The van der Waals surface area contributed by atoms with E-state index in [0.717, 1.165) is 4.88 Å². The van der Waals surface area contributed by atoms with Crippen molar-refractivity contribution in [2.24, 2.45) is 0 Å². The molecule has 0 aromatic carbocycles. The number of nitrogens with zero attached hydrogens (tertiary/aromatic N) is 5. The molecule has 0 saturated carbocycles. The van der Waals surface area contributed by atoms with Crippen LogP contribution in [0.25, 0.3) is 17.7 Å². The summed E-state index contributed by atoms with van der Waals surface area (Å²) in [5.74, 6) is -0.0164. The van der Waals surface area contributed by atoms with Crippen LogP contribution in [0.3, 0.4) is 0 Å². The lowest BCUT2D eigenvalue weighted by molar-refractivity contribution is 0.0954. The molecule has 2 radical (unpaired) electrons. The lowest BCUT2D eigenvalue weighted by atomic mass is 9.94. The number of hydrogen-bond donors (Lipinski definition) is 0. The SMILES string of the molecule is [B]c1cc(C#N)c(/C=C(\C#N)c2ccc(/C=C/C3=C(C#N)C(=C(C#N)C#N)OC3(C)C)s2)s1. The predicted octanol–water partition coefficient (Wildman–Crippen LogP) is 4.48. The van der Waals surface area contributed by atoms with Crippen molar-refractivity contribution in [2.45, 2.75) is 19.4 Å². The third kappa shape index (κ3) is 4.64. The first-order chi connectivity index (χ1) is 15.8. The number of thiophene rings is 2. The van der Waals surface area contributed by atoms with Crippen molar-refractivity contribution >= 4 is 53.0 Å². The Labute approximate surface area is 200 Å². The minimum atomic E-state index is -0.902. The molecule has 1 aliphatic rings. The zero-order valence-electron chi connectivity index (χ0n) is 17.5. The molecule has 0 unspecified atom stereocenters. The van der Waals surface area contributed by atoms with Gasteiger partial charge in [-0.25, -0.2) is 0 Å². The minimum Gasteiger partial charge on any atom is -0.480 e. The summed E-state index contributed by atoms with van der Waals surface area (Å²) in [6, 6.07) is 15.0. The van der Waals surface area contributed by atoms with Crippen molar-refractivity contribution < 1.29 is 4.74 Å². The van der Waals surface area contributed by atoms with E-state index in [1.807, 2.05) is 12.1 Å². The Balaban J connectivity index is 1.98. The molecule has 2 aromatic heterocycles. The summed E-state index contributed by atoms with van der Waals surface area (Å²) in [6.07, 6.45) is 5.15. The Morgan fingerprint density at radius 2 is 1.73 bits per heavy atom. The third-order valence-electron chi connectivity index (χ3n) is 4.67. The molecule has 154 valence electrons. The predicted molar refractivity (Wildman–Crippen MR) is 127 cm³/mol. The van der Waals surface area contributed by atoms with Gasteiger partial charge in [0, 0.05) is 20.2 Å². The maximum atomic E-state index is 9.63. The molecule has 2 aromatic rings. The Hall–Kier alpha value is -4.33. The monoisotopic (exact) mass is 461 g/mol. The number of nitriles is 5. The van der Waals surface area contributed by atoms with Gasteiger partial charge < -0.3 is 4.74 Å². The van der Waals surface area contributed by atoms with Crippen LogP contribution in [0.15, 0.2) is 46.8 Å². The van der Waals surface area contributed by atoms with Crippen LogP contribution in [0.2, 0.25) is 0 Å². The van der Waals surface area contributed by atoms with Crippen molar-refractivity contribution in [2.75, 3.05) is 0 Å². The molecular formula is C24H12BN5OS2. The second-order valence-corrected chi connectivity index (χ2v) is 9.41. The average Bonchev–Trinajstić information content (AvgIpc) is 3.46. The summed E-state index contributed by atoms with van der Waals surface area (Å²) < 4.78 is 6.25. The van der Waals surface area contributed by atoms with Crippen molar-refractivity contribution in [3.05, 3.63) is 66.9 Å². The van der Waals surface area contributed by atoms with Crippen molar-refractivity contribution in [3.63, 3.8) is 0 Å². The summed E-state index contributed by atoms with van der Waals surface area (Å²) in [6.45, 7) is 3.50. The van der Waals surface area contributed by atoms with E-state index in [9.17, 15) is 15.8 Å². The van der Waals surface area contributed by atoms with Crippen LogP contribution in [0.4, 0.5) is 0 Å². The number of allylic oxidation sites excluding steroid dienone is 3. The Bertz CT molecular complexity index is 1460. The largest absolute Gasteiger partial charge is 0.480 e. The maximum absolute atomic E-state index is 9.63. The van der Waals surface area contributed by atoms with Crippen molar-refractivity contribution in [1.29, 1.82) is 26.3 Å². The lowest BCUT2D eigenvalue weighted by Gasteiger charge is -2.20. The normalized spacial score (nSPS) is 14.7. The van der Waals surface area contributed by atoms with Gasteiger partial charge >= 0.3 is 0 Å². The van der Waals surface area contributed by atoms with E-state index in [4.69, 9.17) is 23.1 Å². The third-order valence-corrected chi connectivity index (χ3v) is 6.66. The van der Waals surface area contributed by atoms with Gasteiger partial charge in [0.1, 0.15) is 49.4 Å². The second kappa shape index (κ2) is 9.44. The topological polar surface area (TPSA) is 128 Å². The summed E-state index contributed by atoms with van der Waals surface area (Å²) in [5.41, 5.74) is 0.345. The molecule has 3 heterocycles. The Morgan fingerprint density at radius 3 is 2.33 bits per heavy atom. The molecule has 3 rings (SSSR count). The van der Waals surface area contributed by atoms with Crippen LogP contribution in [-0.2, 0) is 4.74 Å². The van der Waals surface area contributed by atoms with Crippen LogP contribution in [0, 0.1) is 56.7 Å². The lowest BCUT2D eigenvalue weighted by Crippen LogP contribution is -2.20. The highest BCUT2D eigenvalue weighted by atomic mass is 32.1. The summed E-state index contributed by atoms with van der Waals surface area (Å²) in [4.78, 5) is 2.15. The smallest absolute Gasteiger partial charge is 0.172 e. The average molecular weight is 461 g/mol. The fourth-order valence-electron chi connectivity index (χ4n) is 3.14. The van der Waals surface area contributed by atoms with Crippen molar-refractivity contribution in [3.8, 4) is 30.3 Å². The van der Waals surface area contributed by atoms with Gasteiger partial charge in [-0.3, -0.25) is 0 Å². The molecule has 0 saturated heterocycles. The molecule has 33 heavy (non-hydrogen) atoms. The maximum Gasteiger partial charge on any atom is 0.172 e. The van der Waals surface area contributed by atoms with E-state index >= 15 is 0 Å². The zero-order valence-corrected chi connectivity index (χ0v) is 19.1. The first kappa shape index (κ1) is 23.3. The van der Waals surface area contributed by atoms with Crippen LogP contribution >= 0.6 is 22.7 Å². The summed E-state index contributed by atoms with van der Waals surface area (Å²) in [5, 5.41) is 46.8. The molecule has 9 heteroatoms. The van der Waals surface area contributed by atoms with Crippen LogP contribution in [0.5, 0.6) is 0 Å². The molecule has 0 bridgehead atoms. The number of rotatable bonds is 4. The molecule has 0 fully saturated rings. The summed E-state index contributed by atoms with van der Waals surface area (Å²) >= 11 is 2.60. The molecule has 0 atom stereocenters. The van der Waals surface area contributed by atoms with E-state index in [1.165, 1.54) is 22.7 Å². The van der Waals surface area contributed by atoms with Gasteiger partial charge in [-0.1, -0.05) is 6.08 Å². The highest BCUT2D eigenvalue weighted by Gasteiger charge is 2.38.